The first-order valence-corrected chi connectivity index (χ1v) is 16.1. The highest BCUT2D eigenvalue weighted by atomic mass is 19.4. The van der Waals surface area contributed by atoms with Gasteiger partial charge in [0.2, 0.25) is 11.8 Å². The molecule has 0 saturated carbocycles. The molecule has 2 aliphatic heterocycles. The second-order valence-electron chi connectivity index (χ2n) is 14.0. The predicted molar refractivity (Wildman–Crippen MR) is 174 cm³/mol. The van der Waals surface area contributed by atoms with Crippen LogP contribution in [0.25, 0.3) is 0 Å². The Morgan fingerprint density at radius 1 is 1.08 bits per heavy atom. The van der Waals surface area contributed by atoms with E-state index in [9.17, 15) is 46.6 Å². The fraction of sp³-hybridized carbons (Fsp3) is 0.500. The number of alkyl halides is 3. The number of piperidine rings is 1. The lowest BCUT2D eigenvalue weighted by atomic mass is 9.74. The molecule has 4 amide bonds. The van der Waals surface area contributed by atoms with Crippen molar-refractivity contribution < 1.29 is 51.4 Å². The van der Waals surface area contributed by atoms with E-state index in [0.717, 1.165) is 18.2 Å². The number of amides is 4. The lowest BCUT2D eigenvalue weighted by Gasteiger charge is -2.41. The molecule has 2 atom stereocenters. The Hall–Kier alpha value is -5.09. The first kappa shape index (κ1) is 38.7. The third-order valence-corrected chi connectivity index (χ3v) is 8.35. The molecule has 1 unspecified atom stereocenters. The lowest BCUT2D eigenvalue weighted by molar-refractivity contribution is -0.164. The zero-order valence-corrected chi connectivity index (χ0v) is 28.8. The van der Waals surface area contributed by atoms with Gasteiger partial charge in [-0.2, -0.15) is 18.3 Å². The van der Waals surface area contributed by atoms with E-state index in [1.54, 1.807) is 39.0 Å². The van der Waals surface area contributed by atoms with Crippen LogP contribution in [0.5, 0.6) is 0 Å². The number of carbonyl (C=O) groups is 5. The number of ether oxygens (including phenoxy) is 1. The third kappa shape index (κ3) is 9.58. The van der Waals surface area contributed by atoms with Crippen molar-refractivity contribution in [1.82, 2.24) is 25.5 Å². The summed E-state index contributed by atoms with van der Waals surface area (Å²) < 4.78 is 59.8. The average Bonchev–Trinajstić information content (AvgIpc) is 3.26. The fourth-order valence-electron chi connectivity index (χ4n) is 5.97. The number of benzene rings is 1. The highest BCUT2D eigenvalue weighted by Crippen LogP contribution is 2.39. The van der Waals surface area contributed by atoms with Gasteiger partial charge in [-0.15, -0.1) is 0 Å². The molecule has 1 fully saturated rings. The molecule has 2 aliphatic rings. The summed E-state index contributed by atoms with van der Waals surface area (Å²) in [5.41, 5.74) is -3.90. The van der Waals surface area contributed by atoms with Crippen LogP contribution in [-0.4, -0.2) is 98.5 Å². The Morgan fingerprint density at radius 2 is 1.78 bits per heavy atom. The largest absolute Gasteiger partial charge is 0.478 e. The molecule has 0 bridgehead atoms. The number of aryl methyl sites for hydroxylation is 1. The number of nitrogens with zero attached hydrogens (tertiary/aromatic N) is 4. The maximum Gasteiger partial charge on any atom is 0.408 e. The first-order valence-electron chi connectivity index (χ1n) is 16.1. The Morgan fingerprint density at radius 3 is 2.39 bits per heavy atom. The number of fused-ring (bicyclic) bond motifs is 1. The summed E-state index contributed by atoms with van der Waals surface area (Å²) in [5, 5.41) is 19.1. The highest BCUT2D eigenvalue weighted by molar-refractivity contribution is 6.14. The van der Waals surface area contributed by atoms with Crippen LogP contribution < -0.4 is 10.6 Å². The molecule has 3 heterocycles. The molecule has 1 aromatic carbocycles. The van der Waals surface area contributed by atoms with Crippen molar-refractivity contribution >= 4 is 35.5 Å². The summed E-state index contributed by atoms with van der Waals surface area (Å²) >= 11 is 0. The number of hydrogen-bond donors (Lipinski definition) is 3. The van der Waals surface area contributed by atoms with Gasteiger partial charge in [0.15, 0.2) is 0 Å². The minimum Gasteiger partial charge on any atom is -0.478 e. The van der Waals surface area contributed by atoms with E-state index in [2.05, 4.69) is 20.7 Å². The maximum absolute atomic E-state index is 14.3. The monoisotopic (exact) mass is 720 g/mol. The average molecular weight is 721 g/mol. The van der Waals surface area contributed by atoms with Gasteiger partial charge >= 0.3 is 18.2 Å². The van der Waals surface area contributed by atoms with Crippen molar-refractivity contribution in [2.75, 3.05) is 19.6 Å². The van der Waals surface area contributed by atoms with Crippen LogP contribution in [0.1, 0.15) is 69.1 Å². The van der Waals surface area contributed by atoms with Crippen molar-refractivity contribution in [3.63, 3.8) is 0 Å². The summed E-state index contributed by atoms with van der Waals surface area (Å²) in [5.74, 6) is -4.62. The summed E-state index contributed by atoms with van der Waals surface area (Å²) in [6.45, 7) is 5.48. The van der Waals surface area contributed by atoms with Gasteiger partial charge in [-0.25, -0.2) is 19.0 Å². The van der Waals surface area contributed by atoms with Gasteiger partial charge in [0.25, 0.3) is 5.91 Å². The molecule has 13 nitrogen and oxygen atoms in total. The number of alkyl carbamates (subject to hydrolysis) is 1. The normalized spacial score (nSPS) is 18.5. The maximum atomic E-state index is 14.3. The van der Waals surface area contributed by atoms with Gasteiger partial charge in [-0.05, 0) is 83.4 Å². The third-order valence-electron chi connectivity index (χ3n) is 8.35. The van der Waals surface area contributed by atoms with Crippen LogP contribution in [0.15, 0.2) is 47.7 Å². The van der Waals surface area contributed by atoms with E-state index in [1.165, 1.54) is 24.9 Å². The number of halogens is 4. The number of aromatic nitrogens is 1. The molecule has 0 spiro atoms. The van der Waals surface area contributed by atoms with Crippen LogP contribution >= 0.6 is 0 Å². The molecule has 0 aliphatic carbocycles. The molecule has 2 aromatic rings. The number of pyridine rings is 1. The first-order chi connectivity index (χ1) is 23.6. The quantitative estimate of drug-likeness (QED) is 0.294. The Kier molecular flexibility index (Phi) is 11.1. The van der Waals surface area contributed by atoms with E-state index >= 15 is 0 Å². The number of hydrazone groups is 1. The van der Waals surface area contributed by atoms with E-state index < -0.39 is 77.5 Å². The number of likely N-dealkylation sites (tertiary alicyclic amines) is 1. The number of hydrogen-bond acceptors (Lipinski definition) is 8. The van der Waals surface area contributed by atoms with Gasteiger partial charge in [-0.1, -0.05) is 6.07 Å². The molecule has 4 rings (SSSR count). The number of carboxylic acids is 1. The minimum atomic E-state index is -4.75. The molecule has 1 aromatic heterocycles. The summed E-state index contributed by atoms with van der Waals surface area (Å²) in [6.07, 6.45) is -4.91. The molecule has 0 radical (unpaired) electrons. The standard InChI is InChI=1S/C34H40F4N6O7/c1-31(2,3)51-30(50)41-32(4,5)28(48)40-24(12-9-20-16-21(35)10-11-23(20)27(46)47)26(45)43-15-13-25-33(18-43,17-22-8-6-7-14-39-22)29(49)44(42-25)19-34(36,37)38/h6-8,10-11,14,16,24H,9,12-13,15,17-19H2,1-5H3,(H,40,48)(H,41,50)(H,46,47)/t24?,33-/m1/s1. The number of rotatable bonds is 11. The lowest BCUT2D eigenvalue weighted by Crippen LogP contribution is -2.62. The minimum absolute atomic E-state index is 0.0362. The molecule has 51 heavy (non-hydrogen) atoms. The fourth-order valence-corrected chi connectivity index (χ4v) is 5.97. The van der Waals surface area contributed by atoms with Crippen molar-refractivity contribution in [1.29, 1.82) is 0 Å². The van der Waals surface area contributed by atoms with Crippen LogP contribution in [-0.2, 0) is 32.0 Å². The topological polar surface area (TPSA) is 171 Å². The zero-order chi connectivity index (χ0) is 37.9. The SMILES string of the molecule is CC(C)(C)OC(=O)NC(C)(C)C(=O)NC(CCc1cc(F)ccc1C(=O)O)C(=O)N1CCC2=NN(CC(F)(F)F)C(=O)[C@]2(Cc2ccccn2)C1. The van der Waals surface area contributed by atoms with Gasteiger partial charge < -0.3 is 25.4 Å². The van der Waals surface area contributed by atoms with Crippen LogP contribution in [0.3, 0.4) is 0 Å². The smallest absolute Gasteiger partial charge is 0.408 e. The number of carbonyl (C=O) groups excluding carboxylic acids is 4. The van der Waals surface area contributed by atoms with Crippen LogP contribution in [0, 0.1) is 11.2 Å². The zero-order valence-electron chi connectivity index (χ0n) is 28.8. The second kappa shape index (κ2) is 14.6. The highest BCUT2D eigenvalue weighted by Gasteiger charge is 2.56. The molecule has 3 N–H and O–H groups in total. The number of carboxylic acid groups (broad SMARTS) is 1. The van der Waals surface area contributed by atoms with E-state index in [0.29, 0.717) is 10.7 Å². The summed E-state index contributed by atoms with van der Waals surface area (Å²) in [6, 6.07) is 6.48. The Balaban J connectivity index is 1.66. The summed E-state index contributed by atoms with van der Waals surface area (Å²) in [7, 11) is 0. The molecule has 1 saturated heterocycles. The van der Waals surface area contributed by atoms with Crippen LogP contribution in [0.2, 0.25) is 0 Å². The van der Waals surface area contributed by atoms with Gasteiger partial charge in [-0.3, -0.25) is 19.4 Å². The Labute approximate surface area is 291 Å². The van der Waals surface area contributed by atoms with Gasteiger partial charge in [0.05, 0.1) is 11.3 Å². The molecular weight excluding hydrogens is 680 g/mol. The van der Waals surface area contributed by atoms with Gasteiger partial charge in [0.1, 0.15) is 35.0 Å². The van der Waals surface area contributed by atoms with Crippen LogP contribution in [0.4, 0.5) is 22.4 Å². The van der Waals surface area contributed by atoms with E-state index in [1.807, 2.05) is 0 Å². The van der Waals surface area contributed by atoms with E-state index in [-0.39, 0.29) is 49.1 Å². The molecular formula is C34H40F4N6O7. The molecule has 276 valence electrons. The van der Waals surface area contributed by atoms with E-state index in [4.69, 9.17) is 4.74 Å². The van der Waals surface area contributed by atoms with Crippen molar-refractivity contribution in [2.24, 2.45) is 10.5 Å². The van der Waals surface area contributed by atoms with Crippen molar-refractivity contribution in [2.45, 2.75) is 83.7 Å². The number of nitrogens with one attached hydrogen (secondary N) is 2. The van der Waals surface area contributed by atoms with Crippen molar-refractivity contribution in [3.8, 4) is 0 Å². The predicted octanol–water partition coefficient (Wildman–Crippen LogP) is 3.86. The van der Waals surface area contributed by atoms with Crippen molar-refractivity contribution in [3.05, 3.63) is 65.2 Å². The summed E-state index contributed by atoms with van der Waals surface area (Å²) in [4.78, 5) is 71.6. The second-order valence-corrected chi connectivity index (χ2v) is 14.0. The molecule has 17 heteroatoms. The Bertz CT molecular complexity index is 1710. The number of aromatic carboxylic acids is 1. The van der Waals surface area contributed by atoms with Gasteiger partial charge in [0, 0.05) is 37.8 Å².